The molecule has 0 N–H and O–H groups in total. The number of hydrogen-bond acceptors (Lipinski definition) is 4. The number of rotatable bonds is 4. The van der Waals surface area contributed by atoms with Crippen LogP contribution in [-0.2, 0) is 11.3 Å². The van der Waals surface area contributed by atoms with Crippen LogP contribution in [-0.4, -0.2) is 22.6 Å². The highest BCUT2D eigenvalue weighted by Crippen LogP contribution is 2.23. The molecule has 0 fully saturated rings. The van der Waals surface area contributed by atoms with Gasteiger partial charge in [-0.25, -0.2) is 4.79 Å². The maximum absolute atomic E-state index is 11.7. The molecule has 0 unspecified atom stereocenters. The second-order valence-electron chi connectivity index (χ2n) is 4.55. The van der Waals surface area contributed by atoms with Crippen LogP contribution in [0, 0.1) is 17.0 Å². The number of methoxy groups -OCH3 is 1. The van der Waals surface area contributed by atoms with Gasteiger partial charge in [-0.2, -0.15) is 0 Å². The molecule has 0 aliphatic rings. The summed E-state index contributed by atoms with van der Waals surface area (Å²) in [4.78, 5) is 22.4. The predicted octanol–water partition coefficient (Wildman–Crippen LogP) is 3.30. The van der Waals surface area contributed by atoms with Crippen LogP contribution in [0.3, 0.4) is 0 Å². The van der Waals surface area contributed by atoms with Gasteiger partial charge in [0.25, 0.3) is 5.69 Å². The molecule has 0 aliphatic heterocycles. The summed E-state index contributed by atoms with van der Waals surface area (Å²) in [6.07, 6.45) is 1.69. The molecule has 0 saturated heterocycles. The van der Waals surface area contributed by atoms with E-state index in [1.54, 1.807) is 29.0 Å². The molecule has 110 valence electrons. The largest absolute Gasteiger partial charge is 0.464 e. The summed E-state index contributed by atoms with van der Waals surface area (Å²) in [7, 11) is 1.29. The van der Waals surface area contributed by atoms with Gasteiger partial charge in [0.15, 0.2) is 0 Å². The summed E-state index contributed by atoms with van der Waals surface area (Å²) in [5, 5.41) is 11.1. The average molecular weight is 353 g/mol. The summed E-state index contributed by atoms with van der Waals surface area (Å²) in [5.74, 6) is -0.490. The smallest absolute Gasteiger partial charge is 0.354 e. The standard InChI is InChI=1S/C14H13BrN2O4/c1-9-3-4-12(17(19)20)10(5-9)7-16-8-11(15)6-13(16)14(18)21-2/h3-6,8H,7H2,1-2H3. The van der Waals surface area contributed by atoms with Crippen LogP contribution in [0.1, 0.15) is 21.6 Å². The van der Waals surface area contributed by atoms with Gasteiger partial charge in [-0.3, -0.25) is 10.1 Å². The number of esters is 1. The lowest BCUT2D eigenvalue weighted by Gasteiger charge is -2.09. The second kappa shape index (κ2) is 6.09. The number of nitro groups is 1. The minimum atomic E-state index is -0.490. The third-order valence-electron chi connectivity index (χ3n) is 3.03. The fourth-order valence-electron chi connectivity index (χ4n) is 2.08. The minimum absolute atomic E-state index is 0.0289. The highest BCUT2D eigenvalue weighted by atomic mass is 79.9. The van der Waals surface area contributed by atoms with E-state index in [2.05, 4.69) is 15.9 Å². The first kappa shape index (κ1) is 15.2. The highest BCUT2D eigenvalue weighted by molar-refractivity contribution is 9.10. The molecule has 2 aromatic rings. The molecule has 1 aromatic carbocycles. The number of halogens is 1. The van der Waals surface area contributed by atoms with E-state index in [0.717, 1.165) is 5.56 Å². The zero-order valence-electron chi connectivity index (χ0n) is 11.5. The molecule has 0 atom stereocenters. The molecule has 6 nitrogen and oxygen atoms in total. The molecule has 0 bridgehead atoms. The number of ether oxygens (including phenoxy) is 1. The van der Waals surface area contributed by atoms with Crippen molar-refractivity contribution in [2.45, 2.75) is 13.5 Å². The molecule has 0 radical (unpaired) electrons. The van der Waals surface area contributed by atoms with E-state index in [0.29, 0.717) is 15.7 Å². The first-order chi connectivity index (χ1) is 9.92. The van der Waals surface area contributed by atoms with Gasteiger partial charge < -0.3 is 9.30 Å². The molecule has 7 heteroatoms. The van der Waals surface area contributed by atoms with Crippen molar-refractivity contribution < 1.29 is 14.5 Å². The van der Waals surface area contributed by atoms with E-state index in [1.807, 2.05) is 6.92 Å². The third kappa shape index (κ3) is 3.30. The average Bonchev–Trinajstić information content (AvgIpc) is 2.78. The van der Waals surface area contributed by atoms with Crippen molar-refractivity contribution in [2.24, 2.45) is 0 Å². The molecule has 2 rings (SSSR count). The van der Waals surface area contributed by atoms with Crippen LogP contribution in [0.25, 0.3) is 0 Å². The van der Waals surface area contributed by atoms with Gasteiger partial charge in [-0.15, -0.1) is 0 Å². The maximum atomic E-state index is 11.7. The minimum Gasteiger partial charge on any atom is -0.464 e. The summed E-state index contributed by atoms with van der Waals surface area (Å²) in [6.45, 7) is 2.08. The van der Waals surface area contributed by atoms with E-state index in [9.17, 15) is 14.9 Å². The van der Waals surface area contributed by atoms with Crippen molar-refractivity contribution >= 4 is 27.6 Å². The molecule has 0 aliphatic carbocycles. The van der Waals surface area contributed by atoms with Crippen molar-refractivity contribution in [3.8, 4) is 0 Å². The fraction of sp³-hybridized carbons (Fsp3) is 0.214. The van der Waals surface area contributed by atoms with Gasteiger partial charge in [-0.05, 0) is 35.0 Å². The van der Waals surface area contributed by atoms with Crippen molar-refractivity contribution in [2.75, 3.05) is 7.11 Å². The van der Waals surface area contributed by atoms with Crippen LogP contribution in [0.5, 0.6) is 0 Å². The lowest BCUT2D eigenvalue weighted by molar-refractivity contribution is -0.385. The van der Waals surface area contributed by atoms with Gasteiger partial charge in [0, 0.05) is 22.3 Å². The van der Waals surface area contributed by atoms with E-state index in [1.165, 1.54) is 13.2 Å². The van der Waals surface area contributed by atoms with E-state index >= 15 is 0 Å². The quantitative estimate of drug-likeness (QED) is 0.480. The number of carbonyl (C=O) groups is 1. The van der Waals surface area contributed by atoms with Crippen molar-refractivity contribution in [3.63, 3.8) is 0 Å². The van der Waals surface area contributed by atoms with Gasteiger partial charge in [-0.1, -0.05) is 11.6 Å². The maximum Gasteiger partial charge on any atom is 0.354 e. The van der Waals surface area contributed by atoms with Gasteiger partial charge >= 0.3 is 5.97 Å². The lowest BCUT2D eigenvalue weighted by atomic mass is 10.1. The molecular weight excluding hydrogens is 340 g/mol. The topological polar surface area (TPSA) is 74.4 Å². The van der Waals surface area contributed by atoms with Gasteiger partial charge in [0.1, 0.15) is 5.69 Å². The molecule has 0 amide bonds. The number of aromatic nitrogens is 1. The first-order valence-electron chi connectivity index (χ1n) is 6.10. The van der Waals surface area contributed by atoms with E-state index < -0.39 is 10.9 Å². The Bertz CT molecular complexity index is 709. The summed E-state index contributed by atoms with van der Waals surface area (Å²) in [5.41, 5.74) is 1.82. The van der Waals surface area contributed by atoms with Gasteiger partial charge in [0.05, 0.1) is 18.6 Å². The molecule has 0 spiro atoms. The predicted molar refractivity (Wildman–Crippen MR) is 80.4 cm³/mol. The van der Waals surface area contributed by atoms with Crippen LogP contribution in [0.15, 0.2) is 34.9 Å². The number of benzene rings is 1. The van der Waals surface area contributed by atoms with E-state index in [4.69, 9.17) is 4.74 Å². The van der Waals surface area contributed by atoms with Crippen molar-refractivity contribution in [1.29, 1.82) is 0 Å². The Hall–Kier alpha value is -2.15. The fourth-order valence-corrected chi connectivity index (χ4v) is 2.55. The van der Waals surface area contributed by atoms with Crippen molar-refractivity contribution in [1.82, 2.24) is 4.57 Å². The Labute approximate surface area is 129 Å². The van der Waals surface area contributed by atoms with Crippen molar-refractivity contribution in [3.05, 3.63) is 61.9 Å². The number of nitro benzene ring substituents is 1. The zero-order chi connectivity index (χ0) is 15.6. The van der Waals surface area contributed by atoms with Crippen LogP contribution >= 0.6 is 15.9 Å². The van der Waals surface area contributed by atoms with Crippen LogP contribution in [0.2, 0.25) is 0 Å². The van der Waals surface area contributed by atoms with Gasteiger partial charge in [0.2, 0.25) is 0 Å². The molecule has 1 aromatic heterocycles. The SMILES string of the molecule is COC(=O)c1cc(Br)cn1Cc1cc(C)ccc1[N+](=O)[O-]. The monoisotopic (exact) mass is 352 g/mol. The molecular formula is C14H13BrN2O4. The highest BCUT2D eigenvalue weighted by Gasteiger charge is 2.18. The third-order valence-corrected chi connectivity index (χ3v) is 3.46. The lowest BCUT2D eigenvalue weighted by Crippen LogP contribution is -2.11. The van der Waals surface area contributed by atoms with Crippen LogP contribution < -0.4 is 0 Å². The number of hydrogen-bond donors (Lipinski definition) is 0. The molecule has 1 heterocycles. The second-order valence-corrected chi connectivity index (χ2v) is 5.47. The summed E-state index contributed by atoms with van der Waals surface area (Å²) >= 11 is 3.29. The Morgan fingerprint density at radius 2 is 2.14 bits per heavy atom. The number of nitrogens with zero attached hydrogens (tertiary/aromatic N) is 2. The number of carbonyl (C=O) groups excluding carboxylic acids is 1. The van der Waals surface area contributed by atoms with E-state index in [-0.39, 0.29) is 12.2 Å². The number of aryl methyl sites for hydroxylation is 1. The Morgan fingerprint density at radius 1 is 1.43 bits per heavy atom. The first-order valence-corrected chi connectivity index (χ1v) is 6.89. The summed E-state index contributed by atoms with van der Waals surface area (Å²) in [6, 6.07) is 6.52. The Morgan fingerprint density at radius 3 is 2.76 bits per heavy atom. The Kier molecular flexibility index (Phi) is 4.42. The Balaban J connectivity index is 2.45. The summed E-state index contributed by atoms with van der Waals surface area (Å²) < 4.78 is 7.04. The zero-order valence-corrected chi connectivity index (χ0v) is 13.1. The molecule has 21 heavy (non-hydrogen) atoms. The normalized spacial score (nSPS) is 10.4. The molecule has 0 saturated carbocycles. The van der Waals surface area contributed by atoms with Crippen LogP contribution in [0.4, 0.5) is 5.69 Å².